The molecule has 0 radical (unpaired) electrons. The second-order valence-electron chi connectivity index (χ2n) is 16.4. The lowest BCUT2D eigenvalue weighted by Crippen LogP contribution is -2.79. The minimum Gasteiger partial charge on any atom is -0.341 e. The summed E-state index contributed by atoms with van der Waals surface area (Å²) in [5.41, 5.74) is 5.11. The number of H-pyrrole nitrogens is 2. The van der Waals surface area contributed by atoms with Crippen molar-refractivity contribution in [3.05, 3.63) is 66.3 Å². The third-order valence-corrected chi connectivity index (χ3v) is 16.4. The van der Waals surface area contributed by atoms with Gasteiger partial charge in [0.1, 0.15) is 45.8 Å². The van der Waals surface area contributed by atoms with Crippen LogP contribution in [0.25, 0.3) is 33.5 Å². The lowest BCUT2D eigenvalue weighted by atomic mass is 9.67. The molecule has 2 N–H and O–H groups in total. The van der Waals surface area contributed by atoms with Gasteiger partial charge in [0.15, 0.2) is 5.65 Å². The molecule has 4 saturated heterocycles. The van der Waals surface area contributed by atoms with Crippen molar-refractivity contribution in [1.82, 2.24) is 29.8 Å². The number of amides is 2. The number of rotatable bonds is 9. The number of fused-ring (bicyclic) bond motifs is 6. The molecule has 9 atom stereocenters. The number of aromatic nitrogens is 5. The topological polar surface area (TPSA) is 108 Å². The molecule has 3 aromatic heterocycles. The van der Waals surface area contributed by atoms with Crippen LogP contribution in [0.3, 0.4) is 0 Å². The molecule has 4 aliphatic heterocycles. The predicted molar refractivity (Wildman–Crippen MR) is 207 cm³/mol. The van der Waals surface area contributed by atoms with E-state index in [1.165, 1.54) is 0 Å². The van der Waals surface area contributed by atoms with Crippen molar-refractivity contribution in [3.63, 3.8) is 0 Å². The number of pyridine rings is 1. The summed E-state index contributed by atoms with van der Waals surface area (Å²) in [7, 11) is 4.22. The smallest absolute Gasteiger partial charge is 0.341 e. The van der Waals surface area contributed by atoms with E-state index < -0.39 is 5.41 Å². The number of hydrogen-bond donors (Lipinski definition) is 2. The number of carbonyl (C=O) groups excluding carboxylic acids is 2. The molecule has 9 unspecified atom stereocenters. The third-order valence-electron chi connectivity index (χ3n) is 13.5. The van der Waals surface area contributed by atoms with Crippen molar-refractivity contribution in [2.45, 2.75) is 86.5 Å². The first kappa shape index (κ1) is 32.2. The molecule has 12 heteroatoms. The van der Waals surface area contributed by atoms with E-state index in [4.69, 9.17) is 15.0 Å². The third kappa shape index (κ3) is 4.25. The molecule has 0 spiro atoms. The summed E-state index contributed by atoms with van der Waals surface area (Å²) in [6, 6.07) is 11.5. The standard InChI is InChI=1S/C39H42N7O2P2S/c1-6-38-14-24-13-30(24)46(38,33(47)20(2)50-5)18-26(38)31-41-17-28(42-31)22-9-7-21(8-10-22)25-11-27-32(40-16-25)44-34(43-27)39-15-23-12-29(23)45(36(39)51-39)35(48)37(3,4)19-49/h7-11,16-17,19,23-24,26,29-30,36,49H,2,5-6,12-15,18H2,1,3-4H3,(H,41,42)(H,40,43,44)/q+1. The highest BCUT2D eigenvalue weighted by atomic mass is 32.2. The van der Waals surface area contributed by atoms with Gasteiger partial charge in [-0.05, 0) is 55.6 Å². The maximum atomic E-state index is 13.7. The summed E-state index contributed by atoms with van der Waals surface area (Å²) >= 11 is 1.85. The van der Waals surface area contributed by atoms with E-state index >= 15 is 0 Å². The summed E-state index contributed by atoms with van der Waals surface area (Å²) in [5.74, 6) is 5.52. The van der Waals surface area contributed by atoms with Crippen LogP contribution in [0.15, 0.2) is 54.6 Å². The second-order valence-corrected chi connectivity index (χ2v) is 18.9. The molecular formula is C39H42N7O2P2S+. The van der Waals surface area contributed by atoms with Crippen molar-refractivity contribution in [1.29, 1.82) is 0 Å². The molecule has 6 aliphatic rings. The van der Waals surface area contributed by atoms with E-state index in [0.717, 1.165) is 86.4 Å². The molecule has 7 heterocycles. The number of nitrogens with zero attached hydrogens (tertiary/aromatic N) is 5. The Morgan fingerprint density at radius 2 is 1.90 bits per heavy atom. The molecule has 2 amide bonds. The van der Waals surface area contributed by atoms with Crippen LogP contribution in [0, 0.1) is 17.3 Å². The number of aromatic amines is 2. The molecule has 1 aromatic carbocycles. The summed E-state index contributed by atoms with van der Waals surface area (Å²) in [6.45, 7) is 11.1. The molecule has 2 saturated carbocycles. The lowest BCUT2D eigenvalue weighted by molar-refractivity contribution is -0.954. The molecule has 260 valence electrons. The number of imidazole rings is 2. The average molecular weight is 735 g/mol. The first-order chi connectivity index (χ1) is 24.5. The number of carbonyl (C=O) groups is 2. The van der Waals surface area contributed by atoms with Gasteiger partial charge in [-0.3, -0.25) is 4.79 Å². The van der Waals surface area contributed by atoms with Crippen LogP contribution in [-0.2, 0) is 14.3 Å². The van der Waals surface area contributed by atoms with E-state index in [1.54, 1.807) is 0 Å². The van der Waals surface area contributed by atoms with Crippen LogP contribution in [0.4, 0.5) is 0 Å². The summed E-state index contributed by atoms with van der Waals surface area (Å²) in [4.78, 5) is 51.4. The average Bonchev–Trinajstić information content (AvgIpc) is 4.09. The molecular weight excluding hydrogens is 692 g/mol. The highest BCUT2D eigenvalue weighted by Gasteiger charge is 2.83. The number of likely N-dealkylation sites (tertiary alicyclic amines) is 1. The van der Waals surface area contributed by atoms with Crippen LogP contribution in [0.1, 0.15) is 70.4 Å². The van der Waals surface area contributed by atoms with Gasteiger partial charge in [-0.2, -0.15) is 0 Å². The fourth-order valence-electron chi connectivity index (χ4n) is 10.4. The van der Waals surface area contributed by atoms with E-state index in [9.17, 15) is 9.59 Å². The fraction of sp³-hybridized carbons (Fsp3) is 0.462. The molecule has 4 aromatic rings. The Hall–Kier alpha value is -3.42. The van der Waals surface area contributed by atoms with Gasteiger partial charge in [0.05, 0.1) is 28.1 Å². The maximum absolute atomic E-state index is 13.7. The van der Waals surface area contributed by atoms with Crippen LogP contribution < -0.4 is 0 Å². The number of hydrogen-bond acceptors (Lipinski definition) is 6. The Kier molecular flexibility index (Phi) is 6.70. The van der Waals surface area contributed by atoms with Gasteiger partial charge in [-0.15, -0.1) is 20.6 Å². The number of piperidine rings is 2. The zero-order valence-corrected chi connectivity index (χ0v) is 31.9. The number of benzene rings is 1. The number of nitrogens with one attached hydrogen (secondary N) is 2. The van der Waals surface area contributed by atoms with E-state index in [2.05, 4.69) is 73.9 Å². The second kappa shape index (κ2) is 10.6. The Morgan fingerprint density at radius 3 is 2.65 bits per heavy atom. The van der Waals surface area contributed by atoms with E-state index in [1.807, 2.05) is 43.8 Å². The molecule has 10 rings (SSSR count). The Morgan fingerprint density at radius 1 is 1.12 bits per heavy atom. The van der Waals surface area contributed by atoms with E-state index in [0.29, 0.717) is 39.4 Å². The summed E-state index contributed by atoms with van der Waals surface area (Å²) < 4.78 is 0.376. The van der Waals surface area contributed by atoms with Gasteiger partial charge >= 0.3 is 5.91 Å². The minimum atomic E-state index is -0.559. The highest BCUT2D eigenvalue weighted by molar-refractivity contribution is 8.08. The molecule has 2 aliphatic carbocycles. The highest BCUT2D eigenvalue weighted by Crippen LogP contribution is 2.73. The van der Waals surface area contributed by atoms with Crippen LogP contribution in [0.5, 0.6) is 0 Å². The lowest BCUT2D eigenvalue weighted by Gasteiger charge is -2.61. The Bertz CT molecular complexity index is 2230. The summed E-state index contributed by atoms with van der Waals surface area (Å²) in [5, 5.41) is 0.740. The Balaban J connectivity index is 0.880. The van der Waals surface area contributed by atoms with Crippen molar-refractivity contribution in [2.75, 3.05) is 6.54 Å². The van der Waals surface area contributed by atoms with E-state index in [-0.39, 0.29) is 33.4 Å². The predicted octanol–water partition coefficient (Wildman–Crippen LogP) is 7.15. The monoisotopic (exact) mass is 734 g/mol. The molecule has 0 bridgehead atoms. The zero-order valence-electron chi connectivity index (χ0n) is 29.1. The molecule has 51 heavy (non-hydrogen) atoms. The fourth-order valence-corrected chi connectivity index (χ4v) is 12.4. The normalized spacial score (nSPS) is 35.3. The minimum absolute atomic E-state index is 0.106. The van der Waals surface area contributed by atoms with Gasteiger partial charge in [0, 0.05) is 43.0 Å². The SMILES string of the molecule is C=PC(=C)C(=O)[N+]12CC(c3ncc(-c4ccc(-c5cnc6nc(C78CC9CC9N(C(=O)C(C)(C)C=P)C7S8)[nH]c6c5)cc4)[nH]3)C1(CC)CC1CC12. The largest absolute Gasteiger partial charge is 0.350 e. The van der Waals surface area contributed by atoms with Gasteiger partial charge in [-0.1, -0.05) is 52.3 Å². The quantitative estimate of drug-likeness (QED) is 0.0819. The first-order valence-corrected chi connectivity index (χ1v) is 20.7. The maximum Gasteiger partial charge on any atom is 0.350 e. The van der Waals surface area contributed by atoms with Crippen molar-refractivity contribution >= 4 is 63.9 Å². The molecule has 9 nitrogen and oxygen atoms in total. The van der Waals surface area contributed by atoms with Gasteiger partial charge < -0.3 is 14.9 Å². The molecule has 6 fully saturated rings. The number of quaternary nitrogens is 1. The van der Waals surface area contributed by atoms with Crippen LogP contribution >= 0.6 is 28.8 Å². The Labute approximate surface area is 305 Å². The van der Waals surface area contributed by atoms with Crippen molar-refractivity contribution < 1.29 is 14.1 Å². The van der Waals surface area contributed by atoms with Gasteiger partial charge in [-0.25, -0.2) is 24.2 Å². The van der Waals surface area contributed by atoms with Crippen LogP contribution in [0.2, 0.25) is 0 Å². The number of thioether (sulfide) groups is 1. The van der Waals surface area contributed by atoms with Crippen molar-refractivity contribution in [3.8, 4) is 22.4 Å². The van der Waals surface area contributed by atoms with Gasteiger partial charge in [0.2, 0.25) is 5.91 Å². The van der Waals surface area contributed by atoms with Crippen molar-refractivity contribution in [2.24, 2.45) is 17.3 Å². The van der Waals surface area contributed by atoms with Gasteiger partial charge in [0.25, 0.3) is 0 Å². The first-order valence-electron chi connectivity index (χ1n) is 18.1. The van der Waals surface area contributed by atoms with Crippen LogP contribution in [-0.4, -0.2) is 87.8 Å². The summed E-state index contributed by atoms with van der Waals surface area (Å²) in [6.07, 6.45) is 13.1. The zero-order chi connectivity index (χ0) is 35.2.